The molecule has 0 unspecified atom stereocenters. The lowest BCUT2D eigenvalue weighted by Gasteiger charge is -2.31. The molecule has 0 atom stereocenters. The van der Waals surface area contributed by atoms with Gasteiger partial charge in [-0.2, -0.15) is 9.97 Å². The van der Waals surface area contributed by atoms with Gasteiger partial charge in [-0.05, 0) is 114 Å². The zero-order valence-electron chi connectivity index (χ0n) is 37.3. The molecule has 0 saturated carbocycles. The Balaban J connectivity index is 1.32. The van der Waals surface area contributed by atoms with Gasteiger partial charge in [-0.15, -0.1) is 0 Å². The average molecular weight is 827 g/mol. The molecule has 0 fully saturated rings. The van der Waals surface area contributed by atoms with Crippen molar-refractivity contribution in [1.29, 1.82) is 0 Å². The number of fused-ring (bicyclic) bond motifs is 2. The first-order valence-corrected chi connectivity index (χ1v) is 22.1. The number of hydrogen-bond acceptors (Lipinski definition) is 4. The Hall–Kier alpha value is -7.69. The molecule has 10 aromatic rings. The molecule has 0 saturated heterocycles. The molecule has 0 radical (unpaired) electrons. The summed E-state index contributed by atoms with van der Waals surface area (Å²) in [5, 5.41) is 4.58. The number of rotatable bonds is 9. The molecule has 4 heteroatoms. The van der Waals surface area contributed by atoms with E-state index in [0.29, 0.717) is 17.6 Å². The first kappa shape index (κ1) is 40.4. The van der Waals surface area contributed by atoms with Gasteiger partial charge in [-0.1, -0.05) is 187 Å². The summed E-state index contributed by atoms with van der Waals surface area (Å²) in [4.78, 5) is 18.3. The highest BCUT2D eigenvalue weighted by Gasteiger charge is 2.30. The highest BCUT2D eigenvalue weighted by atomic mass is 15.3. The third-order valence-electron chi connectivity index (χ3n) is 12.6. The summed E-state index contributed by atoms with van der Waals surface area (Å²) in [7, 11) is 0. The summed E-state index contributed by atoms with van der Waals surface area (Å²) in [6.07, 6.45) is 0. The van der Waals surface area contributed by atoms with Crippen LogP contribution in [0.1, 0.15) is 56.0 Å². The predicted molar refractivity (Wildman–Crippen MR) is 268 cm³/mol. The molecule has 0 N–H and O–H groups in total. The molecule has 9 aromatic carbocycles. The van der Waals surface area contributed by atoms with Crippen molar-refractivity contribution in [2.75, 3.05) is 4.90 Å². The highest BCUT2D eigenvalue weighted by molar-refractivity contribution is 6.08. The zero-order valence-corrected chi connectivity index (χ0v) is 37.3. The second kappa shape index (κ2) is 16.9. The van der Waals surface area contributed by atoms with Gasteiger partial charge in [0, 0.05) is 28.0 Å². The predicted octanol–water partition coefficient (Wildman–Crippen LogP) is 15.7. The normalized spacial score (nSPS) is 11.4. The third kappa shape index (κ3) is 7.41. The fourth-order valence-corrected chi connectivity index (χ4v) is 10.1. The Kier molecular flexibility index (Phi) is 10.7. The highest BCUT2D eigenvalue weighted by Crippen LogP contribution is 2.49. The van der Waals surface area contributed by atoms with Crippen LogP contribution in [-0.4, -0.2) is 15.0 Å². The quantitative estimate of drug-likeness (QED) is 0.136. The van der Waals surface area contributed by atoms with Gasteiger partial charge in [0.25, 0.3) is 0 Å². The third-order valence-corrected chi connectivity index (χ3v) is 12.6. The molecule has 4 nitrogen and oxygen atoms in total. The summed E-state index contributed by atoms with van der Waals surface area (Å²) in [5.74, 6) is 1.73. The number of anilines is 3. The van der Waals surface area contributed by atoms with Crippen molar-refractivity contribution >= 4 is 38.9 Å². The zero-order chi connectivity index (χ0) is 43.9. The molecule has 0 amide bonds. The van der Waals surface area contributed by atoms with Crippen molar-refractivity contribution in [3.8, 4) is 33.9 Å². The Morgan fingerprint density at radius 2 is 0.812 bits per heavy atom. The number of hydrogen-bond donors (Lipinski definition) is 0. The minimum atomic E-state index is -0.0132. The Labute approximate surface area is 376 Å². The Morgan fingerprint density at radius 1 is 0.375 bits per heavy atom. The van der Waals surface area contributed by atoms with E-state index in [-0.39, 0.29) is 5.92 Å². The van der Waals surface area contributed by atoms with Crippen LogP contribution in [0.4, 0.5) is 17.3 Å². The SMILES string of the molecule is Cc1cc(C)c(C(c2c(C)cc(C)cc2C)c2ccc(N(c3nc(-c4ccccc4)nc(-c4ccccc4)n3)c3ccc4ccccc4c3-c3ccccc3)c3ccccc23)c(C)c1. The molecule has 0 aliphatic carbocycles. The average Bonchev–Trinajstić information content (AvgIpc) is 3.31. The summed E-state index contributed by atoms with van der Waals surface area (Å²) >= 11 is 0. The van der Waals surface area contributed by atoms with E-state index in [2.05, 4.69) is 198 Å². The minimum Gasteiger partial charge on any atom is -0.278 e. The number of aryl methyl sites for hydroxylation is 6. The van der Waals surface area contributed by atoms with Crippen LogP contribution in [0.5, 0.6) is 0 Å². The van der Waals surface area contributed by atoms with E-state index in [9.17, 15) is 0 Å². The van der Waals surface area contributed by atoms with E-state index in [0.717, 1.165) is 49.8 Å². The van der Waals surface area contributed by atoms with Crippen molar-refractivity contribution in [1.82, 2.24) is 15.0 Å². The van der Waals surface area contributed by atoms with Crippen LogP contribution in [-0.2, 0) is 0 Å². The molecular weight excluding hydrogens is 777 g/mol. The second-order valence-electron chi connectivity index (χ2n) is 17.2. The molecule has 1 heterocycles. The standard InChI is InChI=1S/C60H50N4/c1-38-34-40(3)54(41(4)35-38)57(55-42(5)36-39(2)37-43(55)6)51-31-33-52(50-29-19-18-28-49(50)51)64(53-32-30-44-20-16-17-27-48(44)56(53)45-21-10-7-11-22-45)60-62-58(46-23-12-8-13-24-46)61-59(63-60)47-25-14-9-15-26-47/h7-37,57H,1-6H3. The van der Waals surface area contributed by atoms with Gasteiger partial charge in [0.05, 0.1) is 11.4 Å². The van der Waals surface area contributed by atoms with E-state index in [1.165, 1.54) is 55.5 Å². The van der Waals surface area contributed by atoms with Crippen molar-refractivity contribution in [3.05, 3.63) is 238 Å². The van der Waals surface area contributed by atoms with Crippen LogP contribution in [0.15, 0.2) is 188 Å². The number of benzene rings is 9. The van der Waals surface area contributed by atoms with Gasteiger partial charge in [-0.3, -0.25) is 4.90 Å². The van der Waals surface area contributed by atoms with Crippen LogP contribution in [0.3, 0.4) is 0 Å². The maximum Gasteiger partial charge on any atom is 0.238 e. The number of nitrogens with zero attached hydrogens (tertiary/aromatic N) is 4. The first-order valence-electron chi connectivity index (χ1n) is 22.1. The fourth-order valence-electron chi connectivity index (χ4n) is 10.1. The van der Waals surface area contributed by atoms with E-state index >= 15 is 0 Å². The van der Waals surface area contributed by atoms with Gasteiger partial charge < -0.3 is 0 Å². The molecule has 0 aliphatic rings. The fraction of sp³-hybridized carbons (Fsp3) is 0.117. The van der Waals surface area contributed by atoms with Crippen LogP contribution >= 0.6 is 0 Å². The van der Waals surface area contributed by atoms with Crippen molar-refractivity contribution in [2.24, 2.45) is 0 Å². The van der Waals surface area contributed by atoms with Gasteiger partial charge in [-0.25, -0.2) is 4.98 Å². The van der Waals surface area contributed by atoms with E-state index in [1.54, 1.807) is 0 Å². The van der Waals surface area contributed by atoms with Crippen LogP contribution in [0.25, 0.3) is 55.4 Å². The van der Waals surface area contributed by atoms with Crippen LogP contribution in [0.2, 0.25) is 0 Å². The van der Waals surface area contributed by atoms with Crippen molar-refractivity contribution < 1.29 is 0 Å². The van der Waals surface area contributed by atoms with Crippen molar-refractivity contribution in [2.45, 2.75) is 47.5 Å². The minimum absolute atomic E-state index is 0.0132. The Bertz CT molecular complexity index is 3180. The van der Waals surface area contributed by atoms with Crippen LogP contribution < -0.4 is 4.90 Å². The maximum absolute atomic E-state index is 5.42. The van der Waals surface area contributed by atoms with Gasteiger partial charge in [0.1, 0.15) is 0 Å². The molecule has 0 spiro atoms. The Morgan fingerprint density at radius 3 is 1.34 bits per heavy atom. The molecule has 1 aromatic heterocycles. The smallest absolute Gasteiger partial charge is 0.238 e. The van der Waals surface area contributed by atoms with E-state index in [4.69, 9.17) is 15.0 Å². The first-order chi connectivity index (χ1) is 31.2. The molecule has 310 valence electrons. The molecule has 0 bridgehead atoms. The number of aromatic nitrogens is 3. The van der Waals surface area contributed by atoms with E-state index < -0.39 is 0 Å². The topological polar surface area (TPSA) is 41.9 Å². The summed E-state index contributed by atoms with van der Waals surface area (Å²) in [5.41, 5.74) is 17.7. The molecule has 64 heavy (non-hydrogen) atoms. The lowest BCUT2D eigenvalue weighted by atomic mass is 9.75. The van der Waals surface area contributed by atoms with E-state index in [1.807, 2.05) is 36.4 Å². The van der Waals surface area contributed by atoms with Gasteiger partial charge >= 0.3 is 0 Å². The summed E-state index contributed by atoms with van der Waals surface area (Å²) in [6.45, 7) is 13.5. The summed E-state index contributed by atoms with van der Waals surface area (Å²) < 4.78 is 0. The second-order valence-corrected chi connectivity index (χ2v) is 17.2. The monoisotopic (exact) mass is 826 g/mol. The van der Waals surface area contributed by atoms with Crippen LogP contribution in [0, 0.1) is 41.5 Å². The largest absolute Gasteiger partial charge is 0.278 e. The summed E-state index contributed by atoms with van der Waals surface area (Å²) in [6, 6.07) is 67.2. The lowest BCUT2D eigenvalue weighted by molar-refractivity contribution is 0.927. The van der Waals surface area contributed by atoms with Crippen molar-refractivity contribution in [3.63, 3.8) is 0 Å². The van der Waals surface area contributed by atoms with Gasteiger partial charge in [0.15, 0.2) is 11.6 Å². The van der Waals surface area contributed by atoms with Gasteiger partial charge in [0.2, 0.25) is 5.95 Å². The molecule has 0 aliphatic heterocycles. The maximum atomic E-state index is 5.42. The molecule has 10 rings (SSSR count). The molecular formula is C60H50N4. The lowest BCUT2D eigenvalue weighted by Crippen LogP contribution is -2.17.